The number of nitro groups is 1. The topological polar surface area (TPSA) is 102 Å². The summed E-state index contributed by atoms with van der Waals surface area (Å²) >= 11 is 0. The van der Waals surface area contributed by atoms with Crippen molar-refractivity contribution in [1.29, 1.82) is 0 Å². The number of ether oxygens (including phenoxy) is 1. The standard InChI is InChI=1S/C20H27N3O5S/c1-5-18(15-8-10-16(28-4)11-9-15)21-19-13-12-17(14-20(19)23(24)25)29(26,27)22(6-2)7-3/h8-14,18,21H,5-7H2,1-4H3/t18-/m0/s1. The van der Waals surface area contributed by atoms with E-state index in [2.05, 4.69) is 5.32 Å². The molecule has 9 heteroatoms. The predicted octanol–water partition coefficient (Wildman–Crippen LogP) is 4.20. The summed E-state index contributed by atoms with van der Waals surface area (Å²) in [5.41, 5.74) is 0.948. The molecule has 0 saturated heterocycles. The second-order valence-electron chi connectivity index (χ2n) is 6.40. The molecule has 0 aliphatic rings. The van der Waals surface area contributed by atoms with Gasteiger partial charge >= 0.3 is 0 Å². The van der Waals surface area contributed by atoms with E-state index in [1.807, 2.05) is 31.2 Å². The average Bonchev–Trinajstić information content (AvgIpc) is 2.72. The molecule has 158 valence electrons. The summed E-state index contributed by atoms with van der Waals surface area (Å²) in [6.45, 7) is 6.01. The lowest BCUT2D eigenvalue weighted by Gasteiger charge is -2.21. The molecule has 0 aliphatic heterocycles. The van der Waals surface area contributed by atoms with E-state index in [0.717, 1.165) is 17.4 Å². The molecule has 1 atom stereocenters. The van der Waals surface area contributed by atoms with Crippen LogP contribution in [0.2, 0.25) is 0 Å². The molecular weight excluding hydrogens is 394 g/mol. The van der Waals surface area contributed by atoms with Gasteiger partial charge in [0.25, 0.3) is 5.69 Å². The molecule has 8 nitrogen and oxygen atoms in total. The Balaban J connectivity index is 2.40. The van der Waals surface area contributed by atoms with Crippen molar-refractivity contribution in [1.82, 2.24) is 4.31 Å². The van der Waals surface area contributed by atoms with Crippen molar-refractivity contribution in [3.8, 4) is 5.75 Å². The van der Waals surface area contributed by atoms with Gasteiger partial charge < -0.3 is 10.1 Å². The fraction of sp³-hybridized carbons (Fsp3) is 0.400. The lowest BCUT2D eigenvalue weighted by atomic mass is 10.0. The Morgan fingerprint density at radius 2 is 1.72 bits per heavy atom. The predicted molar refractivity (Wildman–Crippen MR) is 113 cm³/mol. The van der Waals surface area contributed by atoms with Gasteiger partial charge in [-0.3, -0.25) is 10.1 Å². The van der Waals surface area contributed by atoms with E-state index in [1.54, 1.807) is 21.0 Å². The first kappa shape index (κ1) is 22.6. The minimum atomic E-state index is -3.78. The fourth-order valence-electron chi connectivity index (χ4n) is 3.10. The van der Waals surface area contributed by atoms with Crippen LogP contribution in [0, 0.1) is 10.1 Å². The molecule has 29 heavy (non-hydrogen) atoms. The Labute approximate surface area is 171 Å². The van der Waals surface area contributed by atoms with Crippen LogP contribution in [0.4, 0.5) is 11.4 Å². The van der Waals surface area contributed by atoms with Crippen molar-refractivity contribution >= 4 is 21.4 Å². The van der Waals surface area contributed by atoms with Crippen LogP contribution in [0.15, 0.2) is 47.4 Å². The maximum Gasteiger partial charge on any atom is 0.293 e. The number of methoxy groups -OCH3 is 1. The molecule has 0 aliphatic carbocycles. The molecule has 1 N–H and O–H groups in total. The minimum Gasteiger partial charge on any atom is -0.497 e. The molecule has 0 radical (unpaired) electrons. The molecule has 0 heterocycles. The number of nitrogens with zero attached hydrogens (tertiary/aromatic N) is 2. The highest BCUT2D eigenvalue weighted by atomic mass is 32.2. The van der Waals surface area contributed by atoms with Crippen LogP contribution in [-0.4, -0.2) is 37.8 Å². The van der Waals surface area contributed by atoms with E-state index >= 15 is 0 Å². The number of nitrogens with one attached hydrogen (secondary N) is 1. The quantitative estimate of drug-likeness (QED) is 0.456. The Kier molecular flexibility index (Phi) is 7.58. The zero-order valence-corrected chi connectivity index (χ0v) is 17.9. The van der Waals surface area contributed by atoms with Gasteiger partial charge in [-0.2, -0.15) is 4.31 Å². The Hall–Kier alpha value is -2.65. The lowest BCUT2D eigenvalue weighted by Crippen LogP contribution is -2.30. The molecule has 0 aromatic heterocycles. The number of rotatable bonds is 10. The molecule has 0 saturated carbocycles. The first-order valence-electron chi connectivity index (χ1n) is 9.47. The molecule has 0 amide bonds. The maximum atomic E-state index is 12.7. The van der Waals surface area contributed by atoms with E-state index in [1.165, 1.54) is 16.4 Å². The molecular formula is C20H27N3O5S. The smallest absolute Gasteiger partial charge is 0.293 e. The number of benzene rings is 2. The van der Waals surface area contributed by atoms with Crippen molar-refractivity contribution in [2.45, 2.75) is 38.1 Å². The number of nitro benzene ring substituents is 1. The van der Waals surface area contributed by atoms with Crippen molar-refractivity contribution in [3.05, 3.63) is 58.1 Å². The summed E-state index contributed by atoms with van der Waals surface area (Å²) in [7, 11) is -2.20. The Bertz CT molecular complexity index is 941. The van der Waals surface area contributed by atoms with Crippen LogP contribution in [0.5, 0.6) is 5.75 Å². The second-order valence-corrected chi connectivity index (χ2v) is 8.34. The van der Waals surface area contributed by atoms with Gasteiger partial charge in [-0.05, 0) is 36.2 Å². The summed E-state index contributed by atoms with van der Waals surface area (Å²) in [5.74, 6) is 0.723. The maximum absolute atomic E-state index is 12.7. The fourth-order valence-corrected chi connectivity index (χ4v) is 4.58. The van der Waals surface area contributed by atoms with Gasteiger partial charge in [0.1, 0.15) is 11.4 Å². The minimum absolute atomic E-state index is 0.0871. The third-order valence-electron chi connectivity index (χ3n) is 4.77. The highest BCUT2D eigenvalue weighted by Gasteiger charge is 2.26. The summed E-state index contributed by atoms with van der Waals surface area (Å²) in [6.07, 6.45) is 0.684. The molecule has 0 spiro atoms. The van der Waals surface area contributed by atoms with Crippen molar-refractivity contribution in [2.75, 3.05) is 25.5 Å². The zero-order valence-electron chi connectivity index (χ0n) is 17.1. The molecule has 0 unspecified atom stereocenters. The third-order valence-corrected chi connectivity index (χ3v) is 6.81. The van der Waals surface area contributed by atoms with Crippen LogP contribution < -0.4 is 10.1 Å². The van der Waals surface area contributed by atoms with Gasteiger partial charge in [0.15, 0.2) is 0 Å². The van der Waals surface area contributed by atoms with E-state index in [4.69, 9.17) is 4.74 Å². The monoisotopic (exact) mass is 421 g/mol. The van der Waals surface area contributed by atoms with E-state index in [-0.39, 0.29) is 22.3 Å². The molecule has 2 aromatic carbocycles. The van der Waals surface area contributed by atoms with Gasteiger partial charge in [0.2, 0.25) is 10.0 Å². The highest BCUT2D eigenvalue weighted by Crippen LogP contribution is 2.33. The van der Waals surface area contributed by atoms with E-state index in [0.29, 0.717) is 19.5 Å². The molecule has 2 aromatic rings. The van der Waals surface area contributed by atoms with Gasteiger partial charge in [-0.1, -0.05) is 32.9 Å². The first-order valence-corrected chi connectivity index (χ1v) is 10.9. The number of anilines is 1. The second kappa shape index (κ2) is 9.71. The summed E-state index contributed by atoms with van der Waals surface area (Å²) < 4.78 is 31.9. The van der Waals surface area contributed by atoms with Crippen LogP contribution in [-0.2, 0) is 10.0 Å². The zero-order chi connectivity index (χ0) is 21.6. The lowest BCUT2D eigenvalue weighted by molar-refractivity contribution is -0.384. The summed E-state index contributed by atoms with van der Waals surface area (Å²) in [4.78, 5) is 11.0. The van der Waals surface area contributed by atoms with Crippen molar-refractivity contribution in [3.63, 3.8) is 0 Å². The number of hydrogen-bond acceptors (Lipinski definition) is 6. The molecule has 0 bridgehead atoms. The van der Waals surface area contributed by atoms with Gasteiger partial charge in [0, 0.05) is 19.2 Å². The summed E-state index contributed by atoms with van der Waals surface area (Å²) in [5, 5.41) is 14.8. The largest absolute Gasteiger partial charge is 0.497 e. The van der Waals surface area contributed by atoms with Gasteiger partial charge in [-0.25, -0.2) is 8.42 Å². The summed E-state index contributed by atoms with van der Waals surface area (Å²) in [6, 6.07) is 11.3. The Morgan fingerprint density at radius 3 is 2.21 bits per heavy atom. The van der Waals surface area contributed by atoms with Crippen LogP contribution in [0.25, 0.3) is 0 Å². The van der Waals surface area contributed by atoms with Crippen molar-refractivity contribution < 1.29 is 18.1 Å². The van der Waals surface area contributed by atoms with E-state index in [9.17, 15) is 18.5 Å². The first-order chi connectivity index (χ1) is 13.8. The van der Waals surface area contributed by atoms with Gasteiger partial charge in [0.05, 0.1) is 23.0 Å². The third kappa shape index (κ3) is 5.04. The molecule has 2 rings (SSSR count). The highest BCUT2D eigenvalue weighted by molar-refractivity contribution is 7.89. The SMILES string of the molecule is CC[C@H](Nc1ccc(S(=O)(=O)N(CC)CC)cc1[N+](=O)[O-])c1ccc(OC)cc1. The van der Waals surface area contributed by atoms with Crippen LogP contribution in [0.3, 0.4) is 0 Å². The number of sulfonamides is 1. The average molecular weight is 422 g/mol. The van der Waals surface area contributed by atoms with Gasteiger partial charge in [-0.15, -0.1) is 0 Å². The van der Waals surface area contributed by atoms with E-state index < -0.39 is 14.9 Å². The van der Waals surface area contributed by atoms with Crippen molar-refractivity contribution in [2.24, 2.45) is 0 Å². The normalized spacial score (nSPS) is 12.6. The van der Waals surface area contributed by atoms with Crippen LogP contribution in [0.1, 0.15) is 38.8 Å². The molecule has 0 fully saturated rings. The van der Waals surface area contributed by atoms with Crippen LogP contribution >= 0.6 is 0 Å². The Morgan fingerprint density at radius 1 is 1.10 bits per heavy atom. The number of hydrogen-bond donors (Lipinski definition) is 1.